The van der Waals surface area contributed by atoms with Crippen LogP contribution in [0.25, 0.3) is 0 Å². The Bertz CT molecular complexity index is 1230. The number of halogens is 1. The average molecular weight is 554 g/mol. The maximum absolute atomic E-state index is 6.56. The molecule has 0 N–H and O–H groups in total. The SMILES string of the molecule is CCCCOc1cc(C2Oc3ccc(Br)cc3C3CC(c4ccc(SC)cc4)=NN32)ccc1OC. The molecule has 7 heteroatoms. The molecule has 5 rings (SSSR count). The third kappa shape index (κ3) is 4.89. The zero-order valence-corrected chi connectivity index (χ0v) is 22.6. The number of hydrogen-bond donors (Lipinski definition) is 0. The highest BCUT2D eigenvalue weighted by Crippen LogP contribution is 2.49. The molecule has 0 saturated carbocycles. The van der Waals surface area contributed by atoms with Crippen LogP contribution in [0.5, 0.6) is 17.2 Å². The van der Waals surface area contributed by atoms with Crippen LogP contribution in [0.1, 0.15) is 55.1 Å². The Hall–Kier alpha value is -2.64. The molecule has 5 nitrogen and oxygen atoms in total. The minimum absolute atomic E-state index is 0.0861. The Morgan fingerprint density at radius 1 is 1.09 bits per heavy atom. The molecule has 0 aromatic heterocycles. The molecule has 2 unspecified atom stereocenters. The van der Waals surface area contributed by atoms with Gasteiger partial charge in [0.25, 0.3) is 0 Å². The Balaban J connectivity index is 1.53. The number of benzene rings is 3. The van der Waals surface area contributed by atoms with Crippen molar-refractivity contribution < 1.29 is 14.2 Å². The van der Waals surface area contributed by atoms with Crippen molar-refractivity contribution in [1.29, 1.82) is 0 Å². The molecule has 0 radical (unpaired) electrons. The first-order valence-corrected chi connectivity index (χ1v) is 13.9. The van der Waals surface area contributed by atoms with Crippen molar-refractivity contribution in [2.24, 2.45) is 5.10 Å². The molecule has 0 amide bonds. The van der Waals surface area contributed by atoms with Crippen LogP contribution in [0.15, 0.2) is 75.1 Å². The van der Waals surface area contributed by atoms with Crippen molar-refractivity contribution in [2.75, 3.05) is 20.0 Å². The van der Waals surface area contributed by atoms with E-state index in [4.69, 9.17) is 19.3 Å². The summed E-state index contributed by atoms with van der Waals surface area (Å²) in [6, 6.07) is 20.9. The van der Waals surface area contributed by atoms with Gasteiger partial charge in [0.2, 0.25) is 6.23 Å². The van der Waals surface area contributed by atoms with Crippen LogP contribution < -0.4 is 14.2 Å². The number of rotatable bonds is 8. The predicted octanol–water partition coefficient (Wildman–Crippen LogP) is 7.60. The van der Waals surface area contributed by atoms with Crippen LogP contribution in [-0.2, 0) is 0 Å². The maximum atomic E-state index is 6.56. The standard InChI is InChI=1S/C28H29BrN2O3S/c1-4-5-14-33-27-15-19(8-12-26(27)32-2)28-31-24(22-16-20(29)9-13-25(22)34-28)17-23(30-31)18-6-10-21(35-3)11-7-18/h6-13,15-16,24,28H,4-5,14,17H2,1-3H3. The monoisotopic (exact) mass is 552 g/mol. The van der Waals surface area contributed by atoms with E-state index in [9.17, 15) is 0 Å². The van der Waals surface area contributed by atoms with Crippen LogP contribution in [0.4, 0.5) is 0 Å². The third-order valence-electron chi connectivity index (χ3n) is 6.40. The quantitative estimate of drug-likeness (QED) is 0.212. The highest BCUT2D eigenvalue weighted by molar-refractivity contribution is 9.10. The van der Waals surface area contributed by atoms with Crippen molar-refractivity contribution in [3.63, 3.8) is 0 Å². The highest BCUT2D eigenvalue weighted by atomic mass is 79.9. The minimum atomic E-state index is -0.365. The molecule has 35 heavy (non-hydrogen) atoms. The van der Waals surface area contributed by atoms with Gasteiger partial charge in [-0.3, -0.25) is 0 Å². The zero-order chi connectivity index (χ0) is 24.4. The van der Waals surface area contributed by atoms with Gasteiger partial charge >= 0.3 is 0 Å². The first-order valence-electron chi connectivity index (χ1n) is 11.9. The number of fused-ring (bicyclic) bond motifs is 3. The number of thioether (sulfide) groups is 1. The van der Waals surface area contributed by atoms with Crippen LogP contribution in [0.3, 0.4) is 0 Å². The lowest BCUT2D eigenvalue weighted by atomic mass is 9.96. The summed E-state index contributed by atoms with van der Waals surface area (Å²) in [6.45, 7) is 2.81. The second-order valence-electron chi connectivity index (χ2n) is 8.64. The van der Waals surface area contributed by atoms with Crippen LogP contribution in [0.2, 0.25) is 0 Å². The smallest absolute Gasteiger partial charge is 0.214 e. The van der Waals surface area contributed by atoms with Gasteiger partial charge in [-0.25, -0.2) is 5.01 Å². The van der Waals surface area contributed by atoms with Gasteiger partial charge in [0.05, 0.1) is 25.5 Å². The second-order valence-corrected chi connectivity index (χ2v) is 10.4. The van der Waals surface area contributed by atoms with E-state index >= 15 is 0 Å². The van der Waals surface area contributed by atoms with E-state index in [0.717, 1.165) is 63.4 Å². The second kappa shape index (κ2) is 10.5. The van der Waals surface area contributed by atoms with Crippen LogP contribution in [0, 0.1) is 0 Å². The van der Waals surface area contributed by atoms with Crippen LogP contribution in [-0.4, -0.2) is 30.7 Å². The van der Waals surface area contributed by atoms with E-state index in [1.807, 2.05) is 30.3 Å². The summed E-state index contributed by atoms with van der Waals surface area (Å²) in [6.07, 6.45) is 4.61. The van der Waals surface area contributed by atoms with E-state index in [2.05, 4.69) is 64.5 Å². The molecule has 182 valence electrons. The highest BCUT2D eigenvalue weighted by Gasteiger charge is 2.41. The van der Waals surface area contributed by atoms with Gasteiger partial charge < -0.3 is 14.2 Å². The Morgan fingerprint density at radius 2 is 1.91 bits per heavy atom. The molecule has 0 aliphatic carbocycles. The van der Waals surface area contributed by atoms with Gasteiger partial charge in [0, 0.05) is 26.9 Å². The summed E-state index contributed by atoms with van der Waals surface area (Å²) in [5.41, 5.74) is 4.34. The summed E-state index contributed by atoms with van der Waals surface area (Å²) in [5.74, 6) is 2.34. The predicted molar refractivity (Wildman–Crippen MR) is 145 cm³/mol. The lowest BCUT2D eigenvalue weighted by molar-refractivity contribution is -0.0192. The molecule has 0 fully saturated rings. The molecule has 2 atom stereocenters. The Kier molecular flexibility index (Phi) is 7.25. The van der Waals surface area contributed by atoms with Gasteiger partial charge in [-0.2, -0.15) is 5.10 Å². The number of nitrogens with zero attached hydrogens (tertiary/aromatic N) is 2. The maximum Gasteiger partial charge on any atom is 0.214 e. The van der Waals surface area contributed by atoms with Gasteiger partial charge in [-0.05, 0) is 66.8 Å². The molecule has 0 saturated heterocycles. The van der Waals surface area contributed by atoms with E-state index < -0.39 is 0 Å². The summed E-state index contributed by atoms with van der Waals surface area (Å²) in [7, 11) is 1.67. The fraction of sp³-hybridized carbons (Fsp3) is 0.321. The number of methoxy groups -OCH3 is 1. The topological polar surface area (TPSA) is 43.3 Å². The Labute approximate surface area is 219 Å². The number of hydrogen-bond acceptors (Lipinski definition) is 6. The molecule has 0 bridgehead atoms. The lowest BCUT2D eigenvalue weighted by Crippen LogP contribution is -2.33. The summed E-state index contributed by atoms with van der Waals surface area (Å²) in [5, 5.41) is 7.20. The largest absolute Gasteiger partial charge is 0.493 e. The van der Waals surface area contributed by atoms with E-state index in [1.165, 1.54) is 4.90 Å². The van der Waals surface area contributed by atoms with Crippen molar-refractivity contribution in [2.45, 2.75) is 43.4 Å². The molecular weight excluding hydrogens is 524 g/mol. The number of hydrazone groups is 1. The van der Waals surface area contributed by atoms with Gasteiger partial charge in [0.15, 0.2) is 11.5 Å². The molecule has 3 aromatic carbocycles. The van der Waals surface area contributed by atoms with Crippen molar-refractivity contribution in [3.8, 4) is 17.2 Å². The molecule has 0 spiro atoms. The molecular formula is C28H29BrN2O3S. The van der Waals surface area contributed by atoms with Gasteiger partial charge in [-0.1, -0.05) is 41.4 Å². The lowest BCUT2D eigenvalue weighted by Gasteiger charge is -2.38. The number of ether oxygens (including phenoxy) is 3. The van der Waals surface area contributed by atoms with Crippen LogP contribution >= 0.6 is 27.7 Å². The fourth-order valence-corrected chi connectivity index (χ4v) is 5.31. The first kappa shape index (κ1) is 24.1. The van der Waals surface area contributed by atoms with Crippen molar-refractivity contribution >= 4 is 33.4 Å². The van der Waals surface area contributed by atoms with Gasteiger partial charge in [0.1, 0.15) is 5.75 Å². The summed E-state index contributed by atoms with van der Waals surface area (Å²) < 4.78 is 19.2. The molecule has 2 aliphatic heterocycles. The molecule has 3 aromatic rings. The third-order valence-corrected chi connectivity index (χ3v) is 7.64. The minimum Gasteiger partial charge on any atom is -0.493 e. The summed E-state index contributed by atoms with van der Waals surface area (Å²) in [4.78, 5) is 1.24. The summed E-state index contributed by atoms with van der Waals surface area (Å²) >= 11 is 5.38. The van der Waals surface area contributed by atoms with E-state index in [-0.39, 0.29) is 12.3 Å². The Morgan fingerprint density at radius 3 is 2.66 bits per heavy atom. The van der Waals surface area contributed by atoms with Gasteiger partial charge in [-0.15, -0.1) is 11.8 Å². The molecule has 2 heterocycles. The van der Waals surface area contributed by atoms with Crippen molar-refractivity contribution in [1.82, 2.24) is 5.01 Å². The molecule has 2 aliphatic rings. The fourth-order valence-electron chi connectivity index (χ4n) is 4.52. The normalized spacial score (nSPS) is 18.4. The zero-order valence-electron chi connectivity index (χ0n) is 20.2. The van der Waals surface area contributed by atoms with E-state index in [1.54, 1.807) is 18.9 Å². The average Bonchev–Trinajstić information content (AvgIpc) is 3.34. The first-order chi connectivity index (χ1) is 17.1. The van der Waals surface area contributed by atoms with Crippen molar-refractivity contribution in [3.05, 3.63) is 81.8 Å². The van der Waals surface area contributed by atoms with E-state index in [0.29, 0.717) is 6.61 Å². The number of unbranched alkanes of at least 4 members (excludes halogenated alkanes) is 1.